The van der Waals surface area contributed by atoms with Gasteiger partial charge in [0.25, 0.3) is 0 Å². The monoisotopic (exact) mass is 303 g/mol. The lowest BCUT2D eigenvalue weighted by Crippen LogP contribution is -2.24. The summed E-state index contributed by atoms with van der Waals surface area (Å²) >= 11 is 0. The molecule has 1 nitrogen and oxygen atoms in total. The molecule has 0 N–H and O–H groups in total. The van der Waals surface area contributed by atoms with E-state index >= 15 is 0 Å². The second kappa shape index (κ2) is 9.39. The highest BCUT2D eigenvalue weighted by molar-refractivity contribution is 5.64. The Kier molecular flexibility index (Phi) is 7.52. The van der Waals surface area contributed by atoms with Gasteiger partial charge >= 0.3 is 0 Å². The number of rotatable bonds is 1. The van der Waals surface area contributed by atoms with Crippen molar-refractivity contribution in [1.29, 1.82) is 0 Å². The smallest absolute Gasteiger partial charge is 0.0528 e. The Hall–Kier alpha value is -2.64. The second-order valence-electron chi connectivity index (χ2n) is 5.00. The second-order valence-corrected chi connectivity index (χ2v) is 5.00. The average molecular weight is 303 g/mol. The molecular formula is C22H25N. The third-order valence-corrected chi connectivity index (χ3v) is 3.54. The van der Waals surface area contributed by atoms with Crippen LogP contribution in [0.25, 0.3) is 0 Å². The zero-order chi connectivity index (χ0) is 15.8. The number of fused-ring (bicyclic) bond motifs is 2. The molecule has 3 rings (SSSR count). The molecule has 0 atom stereocenters. The molecule has 1 heterocycles. The van der Waals surface area contributed by atoms with E-state index in [1.807, 2.05) is 6.92 Å². The van der Waals surface area contributed by atoms with Gasteiger partial charge in [0.15, 0.2) is 0 Å². The minimum atomic E-state index is 0. The van der Waals surface area contributed by atoms with Gasteiger partial charge in [-0.25, -0.2) is 0 Å². The van der Waals surface area contributed by atoms with Crippen molar-refractivity contribution in [1.82, 2.24) is 0 Å². The molecule has 0 amide bonds. The van der Waals surface area contributed by atoms with Crippen LogP contribution in [0.1, 0.15) is 44.4 Å². The van der Waals surface area contributed by atoms with Crippen molar-refractivity contribution in [3.8, 4) is 24.2 Å². The van der Waals surface area contributed by atoms with Crippen molar-refractivity contribution >= 4 is 5.69 Å². The molecular weight excluding hydrogens is 278 g/mol. The Morgan fingerprint density at radius 2 is 1.57 bits per heavy atom. The van der Waals surface area contributed by atoms with Crippen LogP contribution in [0.2, 0.25) is 0 Å². The van der Waals surface area contributed by atoms with Crippen LogP contribution < -0.4 is 4.90 Å². The Labute approximate surface area is 141 Å². The largest absolute Gasteiger partial charge is 0.366 e. The fourth-order valence-electron chi connectivity index (χ4n) is 2.34. The summed E-state index contributed by atoms with van der Waals surface area (Å²) in [5, 5.41) is 0. The third kappa shape index (κ3) is 4.67. The number of para-hydroxylation sites is 1. The molecule has 0 unspecified atom stereocenters. The lowest BCUT2D eigenvalue weighted by atomic mass is 10.0. The third-order valence-electron chi connectivity index (χ3n) is 3.54. The maximum absolute atomic E-state index is 4.78. The summed E-state index contributed by atoms with van der Waals surface area (Å²) < 4.78 is 0. The minimum Gasteiger partial charge on any atom is -0.366 e. The molecule has 1 aliphatic rings. The summed E-state index contributed by atoms with van der Waals surface area (Å²) in [4.78, 5) is 2.38. The molecule has 0 spiro atoms. The molecule has 0 fully saturated rings. The molecule has 0 saturated carbocycles. The van der Waals surface area contributed by atoms with E-state index < -0.39 is 0 Å². The predicted molar refractivity (Wildman–Crippen MR) is 101 cm³/mol. The summed E-state index contributed by atoms with van der Waals surface area (Å²) in [5.74, 6) is 9.01. The van der Waals surface area contributed by atoms with Gasteiger partial charge in [0.1, 0.15) is 0 Å². The van der Waals surface area contributed by atoms with E-state index in [2.05, 4.69) is 78.1 Å². The molecule has 1 aliphatic heterocycles. The van der Waals surface area contributed by atoms with Crippen molar-refractivity contribution in [3.63, 3.8) is 0 Å². The van der Waals surface area contributed by atoms with Crippen molar-refractivity contribution in [2.24, 2.45) is 0 Å². The van der Waals surface area contributed by atoms with Crippen LogP contribution in [0, 0.1) is 24.2 Å². The van der Waals surface area contributed by atoms with Crippen molar-refractivity contribution in [3.05, 3.63) is 65.2 Å². The molecule has 1 heteroatoms. The quantitative estimate of drug-likeness (QED) is 0.663. The first-order chi connectivity index (χ1) is 10.8. The minimum absolute atomic E-state index is 0. The van der Waals surface area contributed by atoms with Gasteiger partial charge in [0.2, 0.25) is 0 Å². The van der Waals surface area contributed by atoms with Gasteiger partial charge in [-0.1, -0.05) is 56.5 Å². The summed E-state index contributed by atoms with van der Waals surface area (Å²) in [5.41, 5.74) is 4.81. The van der Waals surface area contributed by atoms with Crippen LogP contribution in [0.5, 0.6) is 0 Å². The summed E-state index contributed by atoms with van der Waals surface area (Å²) in [6.07, 6.45) is 5.62. The van der Waals surface area contributed by atoms with Crippen LogP contribution in [0.3, 0.4) is 0 Å². The average Bonchev–Trinajstić information content (AvgIpc) is 2.57. The van der Waals surface area contributed by atoms with Gasteiger partial charge < -0.3 is 4.90 Å². The van der Waals surface area contributed by atoms with E-state index in [0.717, 1.165) is 30.6 Å². The number of nitrogens with zero attached hydrogens (tertiary/aromatic N) is 1. The fraction of sp³-hybridized carbons (Fsp3) is 0.273. The van der Waals surface area contributed by atoms with E-state index in [1.54, 1.807) is 0 Å². The fourth-order valence-corrected chi connectivity index (χ4v) is 2.34. The van der Waals surface area contributed by atoms with E-state index in [-0.39, 0.29) is 7.43 Å². The molecule has 2 aromatic rings. The molecule has 2 aromatic carbocycles. The Morgan fingerprint density at radius 1 is 1.00 bits per heavy atom. The summed E-state index contributed by atoms with van der Waals surface area (Å²) in [6.45, 7) is 6.06. The summed E-state index contributed by atoms with van der Waals surface area (Å²) in [6, 6.07) is 16.8. The lowest BCUT2D eigenvalue weighted by Gasteiger charge is -2.26. The van der Waals surface area contributed by atoms with Crippen molar-refractivity contribution in [2.45, 2.75) is 34.2 Å². The molecule has 0 aromatic heterocycles. The van der Waals surface area contributed by atoms with Crippen LogP contribution in [0.15, 0.2) is 48.5 Å². The maximum Gasteiger partial charge on any atom is 0.0528 e. The maximum atomic E-state index is 4.78. The Bertz CT molecular complexity index is 725. The number of anilines is 1. The van der Waals surface area contributed by atoms with Gasteiger partial charge in [-0.15, -0.1) is 12.3 Å². The zero-order valence-corrected chi connectivity index (χ0v) is 13.3. The number of benzene rings is 2. The van der Waals surface area contributed by atoms with E-state index in [9.17, 15) is 0 Å². The lowest BCUT2D eigenvalue weighted by molar-refractivity contribution is 0.828. The van der Waals surface area contributed by atoms with E-state index in [0.29, 0.717) is 0 Å². The first-order valence-corrected chi connectivity index (χ1v) is 7.67. The highest BCUT2D eigenvalue weighted by atomic mass is 15.1. The SMILES string of the molecule is C.C#CCC.CCN1Cc2ccccc2C#Cc2ccccc21. The highest BCUT2D eigenvalue weighted by Crippen LogP contribution is 2.24. The molecule has 0 bridgehead atoms. The highest BCUT2D eigenvalue weighted by Gasteiger charge is 2.12. The van der Waals surface area contributed by atoms with Gasteiger partial charge in [0, 0.05) is 30.6 Å². The zero-order valence-electron chi connectivity index (χ0n) is 13.3. The molecule has 0 radical (unpaired) electrons. The van der Waals surface area contributed by atoms with E-state index in [1.165, 1.54) is 11.3 Å². The van der Waals surface area contributed by atoms with Gasteiger partial charge in [-0.2, -0.15) is 0 Å². The number of terminal acetylenes is 1. The number of hydrogen-bond acceptors (Lipinski definition) is 1. The number of hydrogen-bond donors (Lipinski definition) is 0. The van der Waals surface area contributed by atoms with Gasteiger partial charge in [0.05, 0.1) is 5.69 Å². The Balaban J connectivity index is 0.000000478. The van der Waals surface area contributed by atoms with Gasteiger partial charge in [-0.05, 0) is 30.7 Å². The van der Waals surface area contributed by atoms with E-state index in [4.69, 9.17) is 6.42 Å². The Morgan fingerprint density at radius 3 is 2.22 bits per heavy atom. The normalized spacial score (nSPS) is 10.7. The van der Waals surface area contributed by atoms with Crippen LogP contribution in [0.4, 0.5) is 5.69 Å². The molecule has 0 aliphatic carbocycles. The summed E-state index contributed by atoms with van der Waals surface area (Å²) in [7, 11) is 0. The molecule has 0 saturated heterocycles. The first kappa shape index (κ1) is 18.4. The predicted octanol–water partition coefficient (Wildman–Crippen LogP) is 5.09. The topological polar surface area (TPSA) is 3.24 Å². The first-order valence-electron chi connectivity index (χ1n) is 7.67. The molecule has 23 heavy (non-hydrogen) atoms. The molecule has 118 valence electrons. The van der Waals surface area contributed by atoms with Gasteiger partial charge in [-0.3, -0.25) is 0 Å². The van der Waals surface area contributed by atoms with Crippen LogP contribution in [-0.4, -0.2) is 6.54 Å². The van der Waals surface area contributed by atoms with Crippen molar-refractivity contribution < 1.29 is 0 Å². The van der Waals surface area contributed by atoms with Crippen molar-refractivity contribution in [2.75, 3.05) is 11.4 Å². The van der Waals surface area contributed by atoms with Crippen LogP contribution >= 0.6 is 0 Å². The standard InChI is InChI=1S/C17H15N.C4H6.CH4/c1-2-18-13-16-9-4-3-7-14(16)11-12-15-8-5-6-10-17(15)18;1-3-4-2;/h3-10H,2,13H2,1H3;1H,4H2,2H3;1H4. The van der Waals surface area contributed by atoms with Crippen LogP contribution in [-0.2, 0) is 6.54 Å².